The van der Waals surface area contributed by atoms with Crippen molar-refractivity contribution in [3.8, 4) is 0 Å². The summed E-state index contributed by atoms with van der Waals surface area (Å²) in [5.41, 5.74) is 2.89. The molecule has 0 unspecified atom stereocenters. The molecule has 0 spiro atoms. The zero-order chi connectivity index (χ0) is 12.6. The molecule has 2 N–H and O–H groups in total. The van der Waals surface area contributed by atoms with Crippen LogP contribution < -0.4 is 5.32 Å². The van der Waals surface area contributed by atoms with Gasteiger partial charge >= 0.3 is 5.97 Å². The van der Waals surface area contributed by atoms with Gasteiger partial charge in [0.15, 0.2) is 0 Å². The van der Waals surface area contributed by atoms with Crippen molar-refractivity contribution >= 4 is 23.3 Å². The van der Waals surface area contributed by atoms with Gasteiger partial charge in [-0.05, 0) is 43.9 Å². The summed E-state index contributed by atoms with van der Waals surface area (Å²) in [7, 11) is 0. The van der Waals surface area contributed by atoms with Crippen LogP contribution in [0.3, 0.4) is 0 Å². The van der Waals surface area contributed by atoms with Gasteiger partial charge in [0.2, 0.25) is 0 Å². The van der Waals surface area contributed by atoms with Crippen LogP contribution in [0, 0.1) is 0 Å². The molecule has 1 aliphatic rings. The third-order valence-corrected chi connectivity index (χ3v) is 3.37. The lowest BCUT2D eigenvalue weighted by Gasteiger charge is -2.34. The standard InChI is InChI=1S/C13H16ClNO2/c1-13(2)4-3-9-5-8(7-11(16)17)6-10(14)12(9)15-13/h5-6,15H,3-4,7H2,1-2H3,(H,16,17). The van der Waals surface area contributed by atoms with Crippen LogP contribution in [-0.2, 0) is 17.6 Å². The Labute approximate surface area is 106 Å². The summed E-state index contributed by atoms with van der Waals surface area (Å²) in [6, 6.07) is 3.68. The maximum Gasteiger partial charge on any atom is 0.307 e. The summed E-state index contributed by atoms with van der Waals surface area (Å²) in [5.74, 6) is -0.829. The number of carboxylic acids is 1. The largest absolute Gasteiger partial charge is 0.481 e. The van der Waals surface area contributed by atoms with Gasteiger partial charge in [-0.15, -0.1) is 0 Å². The normalized spacial score (nSPS) is 17.1. The molecule has 17 heavy (non-hydrogen) atoms. The van der Waals surface area contributed by atoms with Crippen LogP contribution in [0.5, 0.6) is 0 Å². The van der Waals surface area contributed by atoms with E-state index >= 15 is 0 Å². The fourth-order valence-electron chi connectivity index (χ4n) is 2.19. The van der Waals surface area contributed by atoms with Crippen LogP contribution in [0.25, 0.3) is 0 Å². The molecule has 2 rings (SSSR count). The molecule has 0 saturated carbocycles. The third-order valence-electron chi connectivity index (χ3n) is 3.07. The highest BCUT2D eigenvalue weighted by Gasteiger charge is 2.26. The minimum Gasteiger partial charge on any atom is -0.481 e. The van der Waals surface area contributed by atoms with E-state index in [4.69, 9.17) is 16.7 Å². The zero-order valence-corrected chi connectivity index (χ0v) is 10.8. The first-order chi connectivity index (χ1) is 7.87. The van der Waals surface area contributed by atoms with Crippen molar-refractivity contribution in [1.82, 2.24) is 0 Å². The Kier molecular flexibility index (Phi) is 3.04. The van der Waals surface area contributed by atoms with Crippen LogP contribution in [0.2, 0.25) is 5.02 Å². The highest BCUT2D eigenvalue weighted by molar-refractivity contribution is 6.33. The topological polar surface area (TPSA) is 49.3 Å². The molecule has 0 radical (unpaired) electrons. The Bertz CT molecular complexity index is 469. The summed E-state index contributed by atoms with van der Waals surface area (Å²) < 4.78 is 0. The minimum absolute atomic E-state index is 0.0242. The fraction of sp³-hybridized carbons (Fsp3) is 0.462. The SMILES string of the molecule is CC1(C)CCc2cc(CC(=O)O)cc(Cl)c2N1. The maximum absolute atomic E-state index is 10.7. The number of fused-ring (bicyclic) bond motifs is 1. The Morgan fingerprint density at radius 1 is 1.53 bits per heavy atom. The van der Waals surface area contributed by atoms with E-state index in [1.165, 1.54) is 0 Å². The van der Waals surface area contributed by atoms with Gasteiger partial charge in [-0.3, -0.25) is 4.79 Å². The molecule has 0 fully saturated rings. The van der Waals surface area contributed by atoms with Gasteiger partial charge in [-0.2, -0.15) is 0 Å². The van der Waals surface area contributed by atoms with Gasteiger partial charge in [0.1, 0.15) is 0 Å². The Hall–Kier alpha value is -1.22. The average molecular weight is 254 g/mol. The van der Waals surface area contributed by atoms with Crippen LogP contribution in [-0.4, -0.2) is 16.6 Å². The second kappa shape index (κ2) is 4.22. The lowest BCUT2D eigenvalue weighted by molar-refractivity contribution is -0.136. The number of benzene rings is 1. The highest BCUT2D eigenvalue weighted by atomic mass is 35.5. The smallest absolute Gasteiger partial charge is 0.307 e. The Morgan fingerprint density at radius 2 is 2.24 bits per heavy atom. The van der Waals surface area contributed by atoms with Gasteiger partial charge in [-0.25, -0.2) is 0 Å². The van der Waals surface area contributed by atoms with E-state index < -0.39 is 5.97 Å². The van der Waals surface area contributed by atoms with Gasteiger partial charge in [0.25, 0.3) is 0 Å². The van der Waals surface area contributed by atoms with Crippen molar-refractivity contribution in [3.63, 3.8) is 0 Å². The lowest BCUT2D eigenvalue weighted by atomic mass is 9.88. The first kappa shape index (κ1) is 12.2. The number of nitrogens with one attached hydrogen (secondary N) is 1. The average Bonchev–Trinajstić information content (AvgIpc) is 2.18. The van der Waals surface area contributed by atoms with Crippen molar-refractivity contribution in [3.05, 3.63) is 28.3 Å². The van der Waals surface area contributed by atoms with Crippen molar-refractivity contribution in [2.45, 2.75) is 38.6 Å². The number of aliphatic carboxylic acids is 1. The number of hydrogen-bond acceptors (Lipinski definition) is 2. The van der Waals surface area contributed by atoms with Crippen molar-refractivity contribution in [2.75, 3.05) is 5.32 Å². The molecule has 1 heterocycles. The van der Waals surface area contributed by atoms with Gasteiger partial charge in [0.05, 0.1) is 17.1 Å². The number of anilines is 1. The number of aryl methyl sites for hydroxylation is 1. The monoisotopic (exact) mass is 253 g/mol. The molecular weight excluding hydrogens is 238 g/mol. The van der Waals surface area contributed by atoms with Crippen molar-refractivity contribution in [2.24, 2.45) is 0 Å². The van der Waals surface area contributed by atoms with Gasteiger partial charge in [-0.1, -0.05) is 17.7 Å². The summed E-state index contributed by atoms with van der Waals surface area (Å²) >= 11 is 6.20. The fourth-order valence-corrected chi connectivity index (χ4v) is 2.50. The first-order valence-corrected chi connectivity index (χ1v) is 6.06. The Morgan fingerprint density at radius 3 is 2.88 bits per heavy atom. The van der Waals surface area contributed by atoms with Gasteiger partial charge in [0, 0.05) is 5.54 Å². The molecule has 0 aromatic heterocycles. The molecule has 0 aliphatic carbocycles. The molecule has 0 amide bonds. The number of rotatable bonds is 2. The first-order valence-electron chi connectivity index (χ1n) is 5.69. The lowest BCUT2D eigenvalue weighted by Crippen LogP contribution is -2.35. The van der Waals surface area contributed by atoms with E-state index in [9.17, 15) is 4.79 Å². The van der Waals surface area contributed by atoms with Crippen LogP contribution in [0.15, 0.2) is 12.1 Å². The molecule has 1 aromatic rings. The van der Waals surface area contributed by atoms with E-state index in [2.05, 4.69) is 19.2 Å². The maximum atomic E-state index is 10.7. The summed E-state index contributed by atoms with van der Waals surface area (Å²) in [6.45, 7) is 4.27. The van der Waals surface area contributed by atoms with Gasteiger partial charge < -0.3 is 10.4 Å². The minimum atomic E-state index is -0.829. The van der Waals surface area contributed by atoms with Crippen LogP contribution in [0.1, 0.15) is 31.4 Å². The number of carbonyl (C=O) groups is 1. The van der Waals surface area contributed by atoms with Crippen molar-refractivity contribution < 1.29 is 9.90 Å². The summed E-state index contributed by atoms with van der Waals surface area (Å²) in [5, 5.41) is 12.8. The van der Waals surface area contributed by atoms with E-state index in [1.807, 2.05) is 6.07 Å². The number of hydrogen-bond donors (Lipinski definition) is 2. The predicted octanol–water partition coefficient (Wildman–Crippen LogP) is 3.10. The number of carboxylic acid groups (broad SMARTS) is 1. The van der Waals surface area contributed by atoms with E-state index in [0.29, 0.717) is 5.02 Å². The van der Waals surface area contributed by atoms with Crippen LogP contribution in [0.4, 0.5) is 5.69 Å². The molecule has 3 nitrogen and oxygen atoms in total. The Balaban J connectivity index is 2.36. The van der Waals surface area contributed by atoms with E-state index in [-0.39, 0.29) is 12.0 Å². The summed E-state index contributed by atoms with van der Waals surface area (Å²) in [6.07, 6.45) is 1.98. The number of halogens is 1. The summed E-state index contributed by atoms with van der Waals surface area (Å²) in [4.78, 5) is 10.7. The molecule has 0 bridgehead atoms. The van der Waals surface area contributed by atoms with Crippen molar-refractivity contribution in [1.29, 1.82) is 0 Å². The molecule has 0 saturated heterocycles. The second-order valence-electron chi connectivity index (χ2n) is 5.19. The molecule has 0 atom stereocenters. The third kappa shape index (κ3) is 2.72. The zero-order valence-electron chi connectivity index (χ0n) is 10.0. The molecule has 4 heteroatoms. The molecular formula is C13H16ClNO2. The second-order valence-corrected chi connectivity index (χ2v) is 5.60. The quantitative estimate of drug-likeness (QED) is 0.852. The molecule has 92 valence electrons. The van der Waals surface area contributed by atoms with Crippen LogP contribution >= 0.6 is 11.6 Å². The van der Waals surface area contributed by atoms with E-state index in [1.54, 1.807) is 6.07 Å². The molecule has 1 aromatic carbocycles. The highest BCUT2D eigenvalue weighted by Crippen LogP contribution is 2.36. The van der Waals surface area contributed by atoms with E-state index in [0.717, 1.165) is 29.7 Å². The predicted molar refractivity (Wildman–Crippen MR) is 68.8 cm³/mol. The molecule has 1 aliphatic heterocycles.